The number of carbonyl (C=O) groups is 1. The van der Waals surface area contributed by atoms with E-state index in [4.69, 9.17) is 9.47 Å². The van der Waals surface area contributed by atoms with Gasteiger partial charge in [0, 0.05) is 63.1 Å². The molecule has 0 radical (unpaired) electrons. The third-order valence-electron chi connectivity index (χ3n) is 6.56. The number of benzene rings is 2. The number of rotatable bonds is 9. The van der Waals surface area contributed by atoms with Gasteiger partial charge in [0.05, 0.1) is 20.3 Å². The maximum absolute atomic E-state index is 12.5. The van der Waals surface area contributed by atoms with E-state index in [0.29, 0.717) is 12.6 Å². The fourth-order valence-corrected chi connectivity index (χ4v) is 4.43. The molecule has 4 rings (SSSR count). The van der Waals surface area contributed by atoms with Gasteiger partial charge in [0.15, 0.2) is 0 Å². The number of morpholine rings is 1. The molecule has 2 aromatic rings. The Hall–Kier alpha value is -2.61. The zero-order valence-corrected chi connectivity index (χ0v) is 19.6. The molecule has 2 aromatic carbocycles. The second kappa shape index (κ2) is 12.0. The van der Waals surface area contributed by atoms with Gasteiger partial charge in [-0.1, -0.05) is 12.1 Å². The number of methoxy groups -OCH3 is 1. The zero-order chi connectivity index (χ0) is 22.9. The molecule has 2 fully saturated rings. The maximum Gasteiger partial charge on any atom is 0.251 e. The molecule has 0 saturated carbocycles. The topological polar surface area (TPSA) is 66.1 Å². The molecule has 2 saturated heterocycles. The Kier molecular flexibility index (Phi) is 8.58. The van der Waals surface area contributed by atoms with E-state index in [1.54, 1.807) is 7.11 Å². The molecular weight excluding hydrogens is 416 g/mol. The van der Waals surface area contributed by atoms with Crippen LogP contribution < -0.4 is 20.3 Å². The zero-order valence-electron chi connectivity index (χ0n) is 19.6. The smallest absolute Gasteiger partial charge is 0.251 e. The normalized spacial score (nSPS) is 17.7. The monoisotopic (exact) mass is 452 g/mol. The highest BCUT2D eigenvalue weighted by molar-refractivity contribution is 5.94. The maximum atomic E-state index is 12.5. The minimum absolute atomic E-state index is 0.00347. The second-order valence-electron chi connectivity index (χ2n) is 8.75. The van der Waals surface area contributed by atoms with E-state index in [2.05, 4.69) is 44.7 Å². The third kappa shape index (κ3) is 6.93. The molecule has 1 amide bonds. The minimum Gasteiger partial charge on any atom is -0.497 e. The molecule has 0 aliphatic carbocycles. The summed E-state index contributed by atoms with van der Waals surface area (Å²) in [5, 5.41) is 6.72. The van der Waals surface area contributed by atoms with Crippen LogP contribution in [0.2, 0.25) is 0 Å². The number of amides is 1. The number of hydrogen-bond donors (Lipinski definition) is 2. The summed E-state index contributed by atoms with van der Waals surface area (Å²) in [4.78, 5) is 17.2. The molecule has 33 heavy (non-hydrogen) atoms. The predicted octanol–water partition coefficient (Wildman–Crippen LogP) is 2.52. The lowest BCUT2D eigenvalue weighted by Gasteiger charge is -2.34. The van der Waals surface area contributed by atoms with Crippen molar-refractivity contribution in [2.75, 3.05) is 64.5 Å². The number of ether oxygens (including phenoxy) is 2. The van der Waals surface area contributed by atoms with Crippen LogP contribution in [-0.4, -0.2) is 76.4 Å². The van der Waals surface area contributed by atoms with Crippen LogP contribution in [0.4, 0.5) is 5.69 Å². The molecule has 2 N–H and O–H groups in total. The van der Waals surface area contributed by atoms with E-state index in [0.717, 1.165) is 76.6 Å². The van der Waals surface area contributed by atoms with E-state index < -0.39 is 0 Å². The van der Waals surface area contributed by atoms with Crippen LogP contribution in [0.25, 0.3) is 0 Å². The first-order chi connectivity index (χ1) is 16.2. The van der Waals surface area contributed by atoms with Crippen molar-refractivity contribution in [1.82, 2.24) is 15.5 Å². The Morgan fingerprint density at radius 2 is 1.70 bits per heavy atom. The Bertz CT molecular complexity index is 858. The third-order valence-corrected chi connectivity index (χ3v) is 6.56. The van der Waals surface area contributed by atoms with Crippen LogP contribution >= 0.6 is 0 Å². The van der Waals surface area contributed by atoms with E-state index in [1.807, 2.05) is 24.3 Å². The van der Waals surface area contributed by atoms with Crippen LogP contribution in [0, 0.1) is 0 Å². The molecule has 178 valence electrons. The molecule has 0 bridgehead atoms. The van der Waals surface area contributed by atoms with Gasteiger partial charge < -0.3 is 25.0 Å². The SMILES string of the molecule is COc1ccc(CNC2CCN(c3ccc(C(=O)NCCN4CCOCC4)cc3)CC2)cc1. The molecule has 2 heterocycles. The van der Waals surface area contributed by atoms with E-state index in [1.165, 1.54) is 11.3 Å². The lowest BCUT2D eigenvalue weighted by atomic mass is 10.0. The van der Waals surface area contributed by atoms with E-state index in [9.17, 15) is 4.79 Å². The summed E-state index contributed by atoms with van der Waals surface area (Å²) in [6.45, 7) is 7.90. The number of carbonyl (C=O) groups excluding carboxylic acids is 1. The minimum atomic E-state index is -0.00347. The van der Waals surface area contributed by atoms with E-state index in [-0.39, 0.29) is 5.91 Å². The molecule has 2 aliphatic rings. The standard InChI is InChI=1S/C26H36N4O3/c1-32-25-8-2-21(3-9-25)20-28-23-10-13-30(14-11-23)24-6-4-22(5-7-24)26(31)27-12-15-29-16-18-33-19-17-29/h2-9,23,28H,10-20H2,1H3,(H,27,31). The Balaban J connectivity index is 1.17. The Labute approximate surface area is 197 Å². The first-order valence-corrected chi connectivity index (χ1v) is 12.0. The van der Waals surface area contributed by atoms with Crippen LogP contribution in [0.15, 0.2) is 48.5 Å². The van der Waals surface area contributed by atoms with Gasteiger partial charge in [0.1, 0.15) is 5.75 Å². The van der Waals surface area contributed by atoms with Gasteiger partial charge in [0.2, 0.25) is 0 Å². The second-order valence-corrected chi connectivity index (χ2v) is 8.75. The molecule has 0 aromatic heterocycles. The van der Waals surface area contributed by atoms with Crippen LogP contribution in [-0.2, 0) is 11.3 Å². The van der Waals surface area contributed by atoms with Crippen molar-refractivity contribution in [2.24, 2.45) is 0 Å². The van der Waals surface area contributed by atoms with Crippen molar-refractivity contribution >= 4 is 11.6 Å². The van der Waals surface area contributed by atoms with Crippen molar-refractivity contribution in [1.29, 1.82) is 0 Å². The van der Waals surface area contributed by atoms with Gasteiger partial charge in [-0.25, -0.2) is 0 Å². The van der Waals surface area contributed by atoms with Crippen molar-refractivity contribution < 1.29 is 14.3 Å². The predicted molar refractivity (Wildman–Crippen MR) is 131 cm³/mol. The van der Waals surface area contributed by atoms with Crippen molar-refractivity contribution in [3.05, 3.63) is 59.7 Å². The number of nitrogens with one attached hydrogen (secondary N) is 2. The van der Waals surface area contributed by atoms with Crippen LogP contribution in [0.3, 0.4) is 0 Å². The lowest BCUT2D eigenvalue weighted by Crippen LogP contribution is -2.42. The van der Waals surface area contributed by atoms with Crippen molar-refractivity contribution in [3.8, 4) is 5.75 Å². The summed E-state index contributed by atoms with van der Waals surface area (Å²) in [6.07, 6.45) is 2.22. The highest BCUT2D eigenvalue weighted by atomic mass is 16.5. The average molecular weight is 453 g/mol. The first kappa shape index (κ1) is 23.5. The number of hydrogen-bond acceptors (Lipinski definition) is 6. The Morgan fingerprint density at radius 1 is 1.00 bits per heavy atom. The quantitative estimate of drug-likeness (QED) is 0.610. The summed E-state index contributed by atoms with van der Waals surface area (Å²) in [5.41, 5.74) is 3.18. The van der Waals surface area contributed by atoms with Gasteiger partial charge >= 0.3 is 0 Å². The molecule has 7 heteroatoms. The fourth-order valence-electron chi connectivity index (χ4n) is 4.43. The molecule has 0 unspecified atom stereocenters. The van der Waals surface area contributed by atoms with Crippen LogP contribution in [0.1, 0.15) is 28.8 Å². The van der Waals surface area contributed by atoms with Crippen molar-refractivity contribution in [3.63, 3.8) is 0 Å². The Morgan fingerprint density at radius 3 is 2.36 bits per heavy atom. The van der Waals surface area contributed by atoms with Gasteiger partial charge in [-0.2, -0.15) is 0 Å². The molecular formula is C26H36N4O3. The highest BCUT2D eigenvalue weighted by Gasteiger charge is 2.19. The summed E-state index contributed by atoms with van der Waals surface area (Å²) in [6, 6.07) is 16.8. The average Bonchev–Trinajstić information content (AvgIpc) is 2.89. The highest BCUT2D eigenvalue weighted by Crippen LogP contribution is 2.21. The summed E-state index contributed by atoms with van der Waals surface area (Å²) in [5.74, 6) is 0.889. The molecule has 2 aliphatic heterocycles. The van der Waals surface area contributed by atoms with Gasteiger partial charge in [-0.3, -0.25) is 9.69 Å². The van der Waals surface area contributed by atoms with Crippen molar-refractivity contribution in [2.45, 2.75) is 25.4 Å². The van der Waals surface area contributed by atoms with Gasteiger partial charge in [-0.05, 0) is 54.8 Å². The largest absolute Gasteiger partial charge is 0.497 e. The summed E-state index contributed by atoms with van der Waals surface area (Å²) in [7, 11) is 1.69. The number of piperidine rings is 1. The summed E-state index contributed by atoms with van der Waals surface area (Å²) >= 11 is 0. The van der Waals surface area contributed by atoms with Gasteiger partial charge in [0.25, 0.3) is 5.91 Å². The first-order valence-electron chi connectivity index (χ1n) is 12.0. The molecule has 7 nitrogen and oxygen atoms in total. The number of anilines is 1. The van der Waals surface area contributed by atoms with E-state index >= 15 is 0 Å². The van der Waals surface area contributed by atoms with Gasteiger partial charge in [-0.15, -0.1) is 0 Å². The number of nitrogens with zero attached hydrogens (tertiary/aromatic N) is 2. The molecule has 0 atom stereocenters. The molecule has 0 spiro atoms. The summed E-state index contributed by atoms with van der Waals surface area (Å²) < 4.78 is 10.6. The van der Waals surface area contributed by atoms with Crippen LogP contribution in [0.5, 0.6) is 5.75 Å². The fraction of sp³-hybridized carbons (Fsp3) is 0.500. The lowest BCUT2D eigenvalue weighted by molar-refractivity contribution is 0.0383.